The Morgan fingerprint density at radius 3 is 2.93 bits per heavy atom. The maximum absolute atomic E-state index is 13.4. The van der Waals surface area contributed by atoms with Crippen molar-refractivity contribution in [3.8, 4) is 0 Å². The number of fused-ring (bicyclic) bond motifs is 2. The number of rotatable bonds is 3. The van der Waals surface area contributed by atoms with Crippen molar-refractivity contribution in [3.63, 3.8) is 0 Å². The van der Waals surface area contributed by atoms with Crippen LogP contribution in [0.4, 0.5) is 11.6 Å². The molecule has 0 bridgehead atoms. The summed E-state index contributed by atoms with van der Waals surface area (Å²) < 4.78 is 28.3. The van der Waals surface area contributed by atoms with E-state index < -0.39 is 15.3 Å². The van der Waals surface area contributed by atoms with Gasteiger partial charge in [-0.05, 0) is 30.9 Å². The number of piperidine rings is 1. The highest BCUT2D eigenvalue weighted by Gasteiger charge is 2.38. The van der Waals surface area contributed by atoms with Crippen LogP contribution >= 0.6 is 0 Å². The average Bonchev–Trinajstić information content (AvgIpc) is 3.35. The van der Waals surface area contributed by atoms with E-state index in [9.17, 15) is 13.2 Å². The van der Waals surface area contributed by atoms with Crippen LogP contribution in [-0.2, 0) is 16.4 Å². The maximum Gasteiger partial charge on any atom is 0.263 e. The number of H-pyrrole nitrogens is 2. The van der Waals surface area contributed by atoms with Crippen molar-refractivity contribution in [3.05, 3.63) is 46.4 Å². The minimum absolute atomic E-state index is 0.285. The van der Waals surface area contributed by atoms with Crippen LogP contribution in [0, 0.1) is 0 Å². The molecule has 0 amide bonds. The molecule has 0 saturated carbocycles. The van der Waals surface area contributed by atoms with E-state index in [1.165, 1.54) is 6.20 Å². The van der Waals surface area contributed by atoms with Crippen LogP contribution in [0.3, 0.4) is 0 Å². The van der Waals surface area contributed by atoms with Gasteiger partial charge in [0.25, 0.3) is 5.56 Å². The number of para-hydroxylation sites is 1. The Labute approximate surface area is 161 Å². The van der Waals surface area contributed by atoms with Gasteiger partial charge in [-0.15, -0.1) is 0 Å². The predicted molar refractivity (Wildman–Crippen MR) is 106 cm³/mol. The number of benzene rings is 1. The first-order valence-corrected chi connectivity index (χ1v) is 10.8. The Balaban J connectivity index is 1.44. The molecule has 1 unspecified atom stereocenters. The van der Waals surface area contributed by atoms with Crippen LogP contribution in [-0.4, -0.2) is 53.5 Å². The van der Waals surface area contributed by atoms with Crippen molar-refractivity contribution in [2.45, 2.75) is 24.5 Å². The highest BCUT2D eigenvalue weighted by molar-refractivity contribution is 7.93. The van der Waals surface area contributed by atoms with Gasteiger partial charge in [-0.3, -0.25) is 19.2 Å². The molecule has 0 aliphatic carbocycles. The maximum atomic E-state index is 13.4. The van der Waals surface area contributed by atoms with E-state index in [0.29, 0.717) is 49.5 Å². The van der Waals surface area contributed by atoms with Crippen molar-refractivity contribution in [1.82, 2.24) is 20.2 Å². The Morgan fingerprint density at radius 1 is 1.18 bits per heavy atom. The van der Waals surface area contributed by atoms with Crippen LogP contribution in [0.15, 0.2) is 35.3 Å². The molecule has 0 spiro atoms. The molecule has 1 atom stereocenters. The minimum Gasteiger partial charge on any atom is -0.341 e. The molecular weight excluding hydrogens is 380 g/mol. The first-order chi connectivity index (χ1) is 13.5. The lowest BCUT2D eigenvalue weighted by molar-refractivity contribution is 0.525. The summed E-state index contributed by atoms with van der Waals surface area (Å²) in [5, 5.41) is 6.39. The number of aromatic amines is 2. The normalized spacial score (nSPS) is 19.9. The first kappa shape index (κ1) is 17.2. The van der Waals surface area contributed by atoms with E-state index in [1.807, 2.05) is 29.2 Å². The lowest BCUT2D eigenvalue weighted by Crippen LogP contribution is -2.48. The third-order valence-corrected chi connectivity index (χ3v) is 7.78. The van der Waals surface area contributed by atoms with Gasteiger partial charge in [-0.2, -0.15) is 10.1 Å². The molecule has 2 aliphatic rings. The summed E-state index contributed by atoms with van der Waals surface area (Å²) in [6, 6.07) is 7.65. The van der Waals surface area contributed by atoms with E-state index in [0.717, 1.165) is 17.7 Å². The van der Waals surface area contributed by atoms with E-state index in [-0.39, 0.29) is 5.56 Å². The third-order valence-electron chi connectivity index (χ3n) is 5.56. The molecule has 2 aromatic heterocycles. The molecule has 2 N–H and O–H groups in total. The van der Waals surface area contributed by atoms with Crippen LogP contribution < -0.4 is 14.8 Å². The van der Waals surface area contributed by atoms with E-state index in [4.69, 9.17) is 0 Å². The fraction of sp³-hybridized carbons (Fsp3) is 0.389. The zero-order valence-corrected chi connectivity index (χ0v) is 15.9. The third kappa shape index (κ3) is 2.67. The minimum atomic E-state index is -3.51. The average molecular weight is 400 g/mol. The van der Waals surface area contributed by atoms with Crippen molar-refractivity contribution in [2.75, 3.05) is 28.8 Å². The van der Waals surface area contributed by atoms with E-state index in [2.05, 4.69) is 20.2 Å². The number of hydrogen-bond acceptors (Lipinski definition) is 6. The number of nitrogens with one attached hydrogen (secondary N) is 2. The smallest absolute Gasteiger partial charge is 0.263 e. The Kier molecular flexibility index (Phi) is 3.90. The van der Waals surface area contributed by atoms with Crippen LogP contribution in [0.5, 0.6) is 0 Å². The van der Waals surface area contributed by atoms with Gasteiger partial charge >= 0.3 is 0 Å². The molecule has 9 nitrogen and oxygen atoms in total. The number of nitrogens with zero attached hydrogens (tertiary/aromatic N) is 4. The van der Waals surface area contributed by atoms with Crippen molar-refractivity contribution < 1.29 is 8.42 Å². The molecule has 1 fully saturated rings. The quantitative estimate of drug-likeness (QED) is 0.678. The van der Waals surface area contributed by atoms with Gasteiger partial charge < -0.3 is 4.90 Å². The van der Waals surface area contributed by atoms with Gasteiger partial charge in [0.15, 0.2) is 5.65 Å². The summed E-state index contributed by atoms with van der Waals surface area (Å²) >= 11 is 0. The number of hydrogen-bond donors (Lipinski definition) is 2. The fourth-order valence-electron chi connectivity index (χ4n) is 4.11. The lowest BCUT2D eigenvalue weighted by atomic mass is 10.1. The lowest BCUT2D eigenvalue weighted by Gasteiger charge is -2.35. The molecule has 5 rings (SSSR count). The van der Waals surface area contributed by atoms with Crippen LogP contribution in [0.1, 0.15) is 18.4 Å². The molecule has 1 saturated heterocycles. The van der Waals surface area contributed by atoms with Gasteiger partial charge in [0.1, 0.15) is 5.39 Å². The largest absolute Gasteiger partial charge is 0.341 e. The molecule has 4 heterocycles. The molecule has 0 radical (unpaired) electrons. The van der Waals surface area contributed by atoms with Crippen molar-refractivity contribution in [1.29, 1.82) is 0 Å². The molecular formula is C18H20N6O3S. The van der Waals surface area contributed by atoms with Gasteiger partial charge in [0.2, 0.25) is 16.0 Å². The number of anilines is 2. The van der Waals surface area contributed by atoms with E-state index in [1.54, 1.807) is 4.31 Å². The molecule has 1 aromatic carbocycles. The second-order valence-electron chi connectivity index (χ2n) is 7.23. The molecule has 3 aromatic rings. The summed E-state index contributed by atoms with van der Waals surface area (Å²) in [7, 11) is -3.51. The monoisotopic (exact) mass is 400 g/mol. The predicted octanol–water partition coefficient (Wildman–Crippen LogP) is 1.01. The summed E-state index contributed by atoms with van der Waals surface area (Å²) in [5.74, 6) is 0.378. The zero-order chi connectivity index (χ0) is 19.3. The summed E-state index contributed by atoms with van der Waals surface area (Å²) in [6.45, 7) is 1.42. The van der Waals surface area contributed by atoms with Gasteiger partial charge in [-0.25, -0.2) is 8.42 Å². The Morgan fingerprint density at radius 2 is 2.04 bits per heavy atom. The van der Waals surface area contributed by atoms with Crippen molar-refractivity contribution in [2.24, 2.45) is 0 Å². The Bertz CT molecular complexity index is 1200. The van der Waals surface area contributed by atoms with E-state index >= 15 is 0 Å². The second kappa shape index (κ2) is 6.33. The van der Waals surface area contributed by atoms with Gasteiger partial charge in [-0.1, -0.05) is 18.2 Å². The molecule has 10 heteroatoms. The van der Waals surface area contributed by atoms with Crippen LogP contribution in [0.25, 0.3) is 11.0 Å². The van der Waals surface area contributed by atoms with Gasteiger partial charge in [0, 0.05) is 19.6 Å². The second-order valence-corrected chi connectivity index (χ2v) is 9.37. The van der Waals surface area contributed by atoms with Crippen molar-refractivity contribution >= 4 is 32.7 Å². The summed E-state index contributed by atoms with van der Waals surface area (Å²) in [6.07, 6.45) is 3.47. The SMILES string of the molecule is O=c1[nH]c(N2CCCC(S(=O)(=O)N3CCc4ccccc43)C2)nc2[nH]ncc12. The zero-order valence-electron chi connectivity index (χ0n) is 15.1. The van der Waals surface area contributed by atoms with Gasteiger partial charge in [0.05, 0.1) is 17.1 Å². The number of aromatic nitrogens is 4. The number of sulfonamides is 1. The standard InChI is InChI=1S/C18H20N6O3S/c25-17-14-10-19-22-16(14)20-18(21-17)23-8-3-5-13(11-23)28(26,27)24-9-7-12-4-1-2-6-15(12)24/h1-2,4,6,10,13H,3,5,7-9,11H2,(H2,19,20,21,22,25). The molecule has 146 valence electrons. The Hall–Kier alpha value is -2.88. The molecule has 28 heavy (non-hydrogen) atoms. The van der Waals surface area contributed by atoms with Crippen LogP contribution in [0.2, 0.25) is 0 Å². The fourth-order valence-corrected chi connectivity index (χ4v) is 6.10. The molecule has 2 aliphatic heterocycles. The summed E-state index contributed by atoms with van der Waals surface area (Å²) in [5.41, 5.74) is 1.96. The highest BCUT2D eigenvalue weighted by atomic mass is 32.2. The first-order valence-electron chi connectivity index (χ1n) is 9.32. The summed E-state index contributed by atoms with van der Waals surface area (Å²) in [4.78, 5) is 21.2. The topological polar surface area (TPSA) is 115 Å². The highest BCUT2D eigenvalue weighted by Crippen LogP contribution is 2.33.